The number of halogens is 2. The highest BCUT2D eigenvalue weighted by molar-refractivity contribution is 9.13. The van der Waals surface area contributed by atoms with Crippen molar-refractivity contribution in [3.63, 3.8) is 0 Å². The van der Waals surface area contributed by atoms with Gasteiger partial charge in [-0.3, -0.25) is 0 Å². The van der Waals surface area contributed by atoms with Crippen molar-refractivity contribution < 1.29 is 10.0 Å². The van der Waals surface area contributed by atoms with Gasteiger partial charge in [-0.1, -0.05) is 0 Å². The standard InChI is InChI=1S/C8H5BBr2O2S/c10-5-1-2-6-4(8(5)11)3-7(14-6)9(12)13/h1-3,12-13H. The second-order valence-electron chi connectivity index (χ2n) is 2.80. The summed E-state index contributed by atoms with van der Waals surface area (Å²) in [6.45, 7) is 0. The number of hydrogen-bond acceptors (Lipinski definition) is 3. The molecule has 0 unspecified atom stereocenters. The molecule has 72 valence electrons. The van der Waals surface area contributed by atoms with E-state index in [1.807, 2.05) is 12.1 Å². The van der Waals surface area contributed by atoms with Crippen molar-refractivity contribution in [1.29, 1.82) is 0 Å². The van der Waals surface area contributed by atoms with Crippen LogP contribution in [0.5, 0.6) is 0 Å². The van der Waals surface area contributed by atoms with Crippen LogP contribution >= 0.6 is 43.2 Å². The molecule has 0 aliphatic heterocycles. The first-order valence-electron chi connectivity index (χ1n) is 3.83. The van der Waals surface area contributed by atoms with Crippen LogP contribution in [-0.2, 0) is 0 Å². The van der Waals surface area contributed by atoms with Crippen molar-refractivity contribution in [1.82, 2.24) is 0 Å². The van der Waals surface area contributed by atoms with Crippen molar-refractivity contribution >= 4 is 65.2 Å². The molecule has 0 atom stereocenters. The van der Waals surface area contributed by atoms with Crippen LogP contribution in [0.15, 0.2) is 27.1 Å². The van der Waals surface area contributed by atoms with Gasteiger partial charge in [0, 0.05) is 23.8 Å². The lowest BCUT2D eigenvalue weighted by Crippen LogP contribution is -2.26. The molecule has 0 bridgehead atoms. The Labute approximate surface area is 102 Å². The second-order valence-corrected chi connectivity index (χ2v) is 5.56. The van der Waals surface area contributed by atoms with Crippen LogP contribution in [-0.4, -0.2) is 17.2 Å². The monoisotopic (exact) mass is 334 g/mol. The fourth-order valence-corrected chi connectivity index (χ4v) is 3.08. The Balaban J connectivity index is 2.71. The molecule has 0 aliphatic carbocycles. The van der Waals surface area contributed by atoms with Crippen LogP contribution in [0.3, 0.4) is 0 Å². The summed E-state index contributed by atoms with van der Waals surface area (Å²) in [5, 5.41) is 19.0. The Hall–Kier alpha value is 0.125. The first-order chi connectivity index (χ1) is 6.59. The molecule has 1 heterocycles. The topological polar surface area (TPSA) is 40.5 Å². The third-order valence-corrected chi connectivity index (χ3v) is 5.05. The summed E-state index contributed by atoms with van der Waals surface area (Å²) < 4.78 is 3.49. The van der Waals surface area contributed by atoms with E-state index in [1.165, 1.54) is 11.3 Å². The molecule has 2 rings (SSSR count). The molecule has 0 aliphatic rings. The van der Waals surface area contributed by atoms with Gasteiger partial charge in [0.15, 0.2) is 0 Å². The average Bonchev–Trinajstić information content (AvgIpc) is 2.56. The van der Waals surface area contributed by atoms with E-state index in [1.54, 1.807) is 6.07 Å². The van der Waals surface area contributed by atoms with Crippen LogP contribution in [0.25, 0.3) is 10.1 Å². The molecule has 2 aromatic rings. The highest BCUT2D eigenvalue weighted by Crippen LogP contribution is 2.33. The highest BCUT2D eigenvalue weighted by Gasteiger charge is 2.16. The zero-order chi connectivity index (χ0) is 10.3. The predicted molar refractivity (Wildman–Crippen MR) is 67.1 cm³/mol. The molecule has 0 saturated heterocycles. The summed E-state index contributed by atoms with van der Waals surface area (Å²) in [7, 11) is -1.39. The maximum Gasteiger partial charge on any atom is 0.499 e. The molecule has 1 aromatic heterocycles. The second kappa shape index (κ2) is 3.94. The normalized spacial score (nSPS) is 10.9. The van der Waals surface area contributed by atoms with Gasteiger partial charge in [0.25, 0.3) is 0 Å². The lowest BCUT2D eigenvalue weighted by Gasteiger charge is -1.95. The van der Waals surface area contributed by atoms with Crippen LogP contribution < -0.4 is 4.78 Å². The molecule has 2 N–H and O–H groups in total. The molecular formula is C8H5BBr2O2S. The van der Waals surface area contributed by atoms with Crippen LogP contribution in [0.4, 0.5) is 0 Å². The van der Waals surface area contributed by atoms with Crippen molar-refractivity contribution in [3.8, 4) is 0 Å². The molecule has 2 nitrogen and oxygen atoms in total. The quantitative estimate of drug-likeness (QED) is 0.784. The van der Waals surface area contributed by atoms with Gasteiger partial charge in [0.05, 0.1) is 0 Å². The van der Waals surface area contributed by atoms with E-state index in [0.29, 0.717) is 4.78 Å². The van der Waals surface area contributed by atoms with Gasteiger partial charge in [-0.2, -0.15) is 0 Å². The van der Waals surface area contributed by atoms with Crippen LogP contribution in [0.1, 0.15) is 0 Å². The zero-order valence-corrected chi connectivity index (χ0v) is 10.9. The van der Waals surface area contributed by atoms with Crippen molar-refractivity contribution in [2.45, 2.75) is 0 Å². The molecule has 0 amide bonds. The number of hydrogen-bond donors (Lipinski definition) is 2. The third kappa shape index (κ3) is 1.77. The molecule has 0 radical (unpaired) electrons. The molecule has 0 spiro atoms. The predicted octanol–water partition coefficient (Wildman–Crippen LogP) is 2.11. The van der Waals surface area contributed by atoms with Crippen molar-refractivity contribution in [3.05, 3.63) is 27.1 Å². The molecule has 0 saturated carbocycles. The molecule has 6 heteroatoms. The Morgan fingerprint density at radius 3 is 2.57 bits per heavy atom. The minimum Gasteiger partial charge on any atom is -0.423 e. The first-order valence-corrected chi connectivity index (χ1v) is 6.23. The number of benzene rings is 1. The summed E-state index contributed by atoms with van der Waals surface area (Å²) in [4.78, 5) is 0. The Morgan fingerprint density at radius 1 is 1.21 bits per heavy atom. The number of fused-ring (bicyclic) bond motifs is 1. The van der Waals surface area contributed by atoms with E-state index in [-0.39, 0.29) is 0 Å². The lowest BCUT2D eigenvalue weighted by molar-refractivity contribution is 0.427. The molecule has 1 aromatic carbocycles. The summed E-state index contributed by atoms with van der Waals surface area (Å²) in [6.07, 6.45) is 0. The fourth-order valence-electron chi connectivity index (χ4n) is 1.20. The largest absolute Gasteiger partial charge is 0.499 e. The minimum absolute atomic E-state index is 0.554. The number of rotatable bonds is 1. The average molecular weight is 336 g/mol. The summed E-state index contributed by atoms with van der Waals surface area (Å²) in [6, 6.07) is 5.65. The van der Waals surface area contributed by atoms with E-state index in [4.69, 9.17) is 10.0 Å². The smallest absolute Gasteiger partial charge is 0.423 e. The van der Waals surface area contributed by atoms with Gasteiger partial charge in [-0.25, -0.2) is 0 Å². The van der Waals surface area contributed by atoms with Gasteiger partial charge < -0.3 is 10.0 Å². The van der Waals surface area contributed by atoms with Crippen LogP contribution in [0, 0.1) is 0 Å². The molecule has 14 heavy (non-hydrogen) atoms. The summed E-state index contributed by atoms with van der Waals surface area (Å²) in [5.41, 5.74) is 0. The van der Waals surface area contributed by atoms with Gasteiger partial charge >= 0.3 is 7.12 Å². The molecular weight excluding hydrogens is 331 g/mol. The van der Waals surface area contributed by atoms with Crippen molar-refractivity contribution in [2.75, 3.05) is 0 Å². The minimum atomic E-state index is -1.39. The highest BCUT2D eigenvalue weighted by atomic mass is 79.9. The van der Waals surface area contributed by atoms with Gasteiger partial charge in [-0.05, 0) is 50.1 Å². The maximum absolute atomic E-state index is 9.02. The Kier molecular flexibility index (Phi) is 2.99. The Morgan fingerprint density at radius 2 is 1.93 bits per heavy atom. The SMILES string of the molecule is OB(O)c1cc2c(Br)c(Br)ccc2s1. The van der Waals surface area contributed by atoms with E-state index >= 15 is 0 Å². The van der Waals surface area contributed by atoms with Gasteiger partial charge in [-0.15, -0.1) is 11.3 Å². The number of thiophene rings is 1. The third-order valence-electron chi connectivity index (χ3n) is 1.86. The van der Waals surface area contributed by atoms with Crippen LogP contribution in [0.2, 0.25) is 0 Å². The maximum atomic E-state index is 9.02. The first kappa shape index (κ1) is 10.6. The Bertz CT molecular complexity index is 483. The zero-order valence-electron chi connectivity index (χ0n) is 6.87. The lowest BCUT2D eigenvalue weighted by atomic mass is 9.89. The van der Waals surface area contributed by atoms with E-state index in [2.05, 4.69) is 31.9 Å². The summed E-state index contributed by atoms with van der Waals surface area (Å²) in [5.74, 6) is 0. The molecule has 0 fully saturated rings. The van der Waals surface area contributed by atoms with E-state index in [0.717, 1.165) is 19.0 Å². The van der Waals surface area contributed by atoms with Crippen molar-refractivity contribution in [2.24, 2.45) is 0 Å². The van der Waals surface area contributed by atoms with Gasteiger partial charge in [0.1, 0.15) is 0 Å². The van der Waals surface area contributed by atoms with E-state index in [9.17, 15) is 0 Å². The van der Waals surface area contributed by atoms with E-state index < -0.39 is 7.12 Å². The fraction of sp³-hybridized carbons (Fsp3) is 0. The van der Waals surface area contributed by atoms with Gasteiger partial charge in [0.2, 0.25) is 0 Å². The summed E-state index contributed by atoms with van der Waals surface area (Å²) >= 11 is 8.21.